The Hall–Kier alpha value is -3.42. The Balaban J connectivity index is 1.49. The van der Waals surface area contributed by atoms with Crippen LogP contribution in [0.25, 0.3) is 22.3 Å². The van der Waals surface area contributed by atoms with Crippen LogP contribution in [-0.2, 0) is 9.53 Å². The van der Waals surface area contributed by atoms with Gasteiger partial charge >= 0.3 is 0 Å². The van der Waals surface area contributed by atoms with E-state index in [4.69, 9.17) is 26.3 Å². The summed E-state index contributed by atoms with van der Waals surface area (Å²) >= 11 is 6.09. The van der Waals surface area contributed by atoms with Gasteiger partial charge < -0.3 is 14.6 Å². The van der Waals surface area contributed by atoms with Gasteiger partial charge in [-0.3, -0.25) is 9.69 Å². The van der Waals surface area contributed by atoms with E-state index in [9.17, 15) is 4.79 Å². The van der Waals surface area contributed by atoms with E-state index in [0.717, 1.165) is 27.8 Å². The SMILES string of the molecule is C[C@@H](c1ccc(Cl)cc1)N1C(=O)C2COCCN2c2nc(-c3cccc4[nH]ccc34)ncc21. The number of ether oxygens (including phenoxy) is 1. The lowest BCUT2D eigenvalue weighted by Gasteiger charge is -2.45. The molecule has 0 bridgehead atoms. The van der Waals surface area contributed by atoms with Crippen molar-refractivity contribution in [1.29, 1.82) is 0 Å². The van der Waals surface area contributed by atoms with Gasteiger partial charge in [0, 0.05) is 34.2 Å². The first-order valence-electron chi connectivity index (χ1n) is 11.0. The Labute approximate surface area is 196 Å². The quantitative estimate of drug-likeness (QED) is 0.485. The van der Waals surface area contributed by atoms with E-state index in [1.807, 2.05) is 61.7 Å². The summed E-state index contributed by atoms with van der Waals surface area (Å²) < 4.78 is 5.68. The van der Waals surface area contributed by atoms with Crippen molar-refractivity contribution in [1.82, 2.24) is 15.0 Å². The highest BCUT2D eigenvalue weighted by Gasteiger charge is 2.43. The number of halogens is 1. The zero-order chi connectivity index (χ0) is 22.5. The zero-order valence-corrected chi connectivity index (χ0v) is 18.8. The van der Waals surface area contributed by atoms with Gasteiger partial charge in [0.05, 0.1) is 25.5 Å². The van der Waals surface area contributed by atoms with E-state index >= 15 is 0 Å². The summed E-state index contributed by atoms with van der Waals surface area (Å²) in [6.45, 7) is 3.52. The summed E-state index contributed by atoms with van der Waals surface area (Å²) in [5.41, 5.74) is 3.69. The Bertz CT molecular complexity index is 1350. The van der Waals surface area contributed by atoms with Crippen molar-refractivity contribution in [2.75, 3.05) is 29.6 Å². The average molecular weight is 460 g/mol. The van der Waals surface area contributed by atoms with E-state index in [2.05, 4.69) is 9.88 Å². The fourth-order valence-electron chi connectivity index (χ4n) is 4.79. The third kappa shape index (κ3) is 3.27. The number of rotatable bonds is 3. The summed E-state index contributed by atoms with van der Waals surface area (Å²) in [5.74, 6) is 1.40. The minimum atomic E-state index is -0.410. The second kappa shape index (κ2) is 7.86. The molecule has 8 heteroatoms. The molecule has 1 saturated heterocycles. The molecule has 166 valence electrons. The number of anilines is 2. The van der Waals surface area contributed by atoms with Crippen LogP contribution in [0, 0.1) is 0 Å². The van der Waals surface area contributed by atoms with Crippen LogP contribution in [0.1, 0.15) is 18.5 Å². The largest absolute Gasteiger partial charge is 0.377 e. The van der Waals surface area contributed by atoms with E-state index in [-0.39, 0.29) is 11.9 Å². The van der Waals surface area contributed by atoms with Gasteiger partial charge in [-0.15, -0.1) is 0 Å². The van der Waals surface area contributed by atoms with Gasteiger partial charge in [0.25, 0.3) is 5.91 Å². The molecule has 2 aromatic carbocycles. The van der Waals surface area contributed by atoms with Crippen LogP contribution in [0.2, 0.25) is 5.02 Å². The van der Waals surface area contributed by atoms with E-state index < -0.39 is 6.04 Å². The van der Waals surface area contributed by atoms with Gasteiger partial charge in [-0.25, -0.2) is 9.97 Å². The average Bonchev–Trinajstić information content (AvgIpc) is 3.34. The molecule has 0 aliphatic carbocycles. The van der Waals surface area contributed by atoms with Crippen molar-refractivity contribution >= 4 is 39.9 Å². The summed E-state index contributed by atoms with van der Waals surface area (Å²) in [6.07, 6.45) is 3.69. The zero-order valence-electron chi connectivity index (χ0n) is 18.0. The van der Waals surface area contributed by atoms with Gasteiger partial charge in [0.2, 0.25) is 0 Å². The fourth-order valence-corrected chi connectivity index (χ4v) is 4.91. The van der Waals surface area contributed by atoms with Crippen LogP contribution in [0.4, 0.5) is 11.5 Å². The normalized spacial score (nSPS) is 18.8. The number of hydrogen-bond acceptors (Lipinski definition) is 5. The van der Waals surface area contributed by atoms with Gasteiger partial charge in [-0.1, -0.05) is 35.9 Å². The lowest BCUT2D eigenvalue weighted by Crippen LogP contribution is -2.59. The first-order chi connectivity index (χ1) is 16.1. The Kier molecular flexibility index (Phi) is 4.81. The monoisotopic (exact) mass is 459 g/mol. The van der Waals surface area contributed by atoms with Crippen molar-refractivity contribution in [3.63, 3.8) is 0 Å². The number of nitrogens with one attached hydrogen (secondary N) is 1. The first-order valence-corrected chi connectivity index (χ1v) is 11.4. The molecule has 33 heavy (non-hydrogen) atoms. The molecular formula is C25H22ClN5O2. The van der Waals surface area contributed by atoms with Crippen molar-refractivity contribution in [2.45, 2.75) is 19.0 Å². The Morgan fingerprint density at radius 1 is 1.18 bits per heavy atom. The van der Waals surface area contributed by atoms with Crippen LogP contribution in [0.15, 0.2) is 60.9 Å². The number of fused-ring (bicyclic) bond motifs is 4. The minimum absolute atomic E-state index is 0.00580. The smallest absolute Gasteiger partial charge is 0.252 e. The fraction of sp³-hybridized carbons (Fsp3) is 0.240. The summed E-state index contributed by atoms with van der Waals surface area (Å²) in [6, 6.07) is 15.0. The summed E-state index contributed by atoms with van der Waals surface area (Å²) in [7, 11) is 0. The molecule has 0 saturated carbocycles. The number of H-pyrrole nitrogens is 1. The Morgan fingerprint density at radius 3 is 2.88 bits per heavy atom. The van der Waals surface area contributed by atoms with Crippen molar-refractivity contribution < 1.29 is 9.53 Å². The molecule has 4 aromatic rings. The third-order valence-corrected chi connectivity index (χ3v) is 6.76. The molecule has 7 nitrogen and oxygen atoms in total. The second-order valence-corrected chi connectivity index (χ2v) is 8.80. The van der Waals surface area contributed by atoms with Gasteiger partial charge in [0.15, 0.2) is 11.6 Å². The number of benzene rings is 2. The van der Waals surface area contributed by atoms with Crippen molar-refractivity contribution in [3.05, 3.63) is 71.5 Å². The summed E-state index contributed by atoms with van der Waals surface area (Å²) in [5, 5.41) is 1.73. The highest BCUT2D eigenvalue weighted by atomic mass is 35.5. The number of carbonyl (C=O) groups excluding carboxylic acids is 1. The summed E-state index contributed by atoms with van der Waals surface area (Å²) in [4.78, 5) is 30.4. The number of aromatic nitrogens is 3. The maximum absolute atomic E-state index is 13.6. The van der Waals surface area contributed by atoms with E-state index in [0.29, 0.717) is 36.3 Å². The number of morpholine rings is 1. The molecule has 4 heterocycles. The molecular weight excluding hydrogens is 438 g/mol. The molecule has 0 radical (unpaired) electrons. The van der Waals surface area contributed by atoms with E-state index in [1.165, 1.54) is 0 Å². The molecule has 2 aliphatic heterocycles. The number of hydrogen-bond donors (Lipinski definition) is 1. The van der Waals surface area contributed by atoms with Crippen LogP contribution < -0.4 is 9.80 Å². The lowest BCUT2D eigenvalue weighted by atomic mass is 10.0. The molecule has 2 aromatic heterocycles. The lowest BCUT2D eigenvalue weighted by molar-refractivity contribution is -0.123. The number of amides is 1. The first kappa shape index (κ1) is 20.2. The topological polar surface area (TPSA) is 74.3 Å². The number of aromatic amines is 1. The van der Waals surface area contributed by atoms with Crippen molar-refractivity contribution in [3.8, 4) is 11.4 Å². The van der Waals surface area contributed by atoms with Crippen LogP contribution in [0.3, 0.4) is 0 Å². The van der Waals surface area contributed by atoms with Crippen molar-refractivity contribution in [2.24, 2.45) is 0 Å². The van der Waals surface area contributed by atoms with E-state index in [1.54, 1.807) is 11.1 Å². The van der Waals surface area contributed by atoms with Gasteiger partial charge in [-0.05, 0) is 36.8 Å². The molecule has 1 amide bonds. The van der Waals surface area contributed by atoms with Gasteiger partial charge in [-0.2, -0.15) is 0 Å². The molecule has 2 atom stereocenters. The number of nitrogens with zero attached hydrogens (tertiary/aromatic N) is 4. The molecule has 0 spiro atoms. The predicted molar refractivity (Wildman–Crippen MR) is 129 cm³/mol. The van der Waals surface area contributed by atoms with Gasteiger partial charge in [0.1, 0.15) is 11.7 Å². The molecule has 2 aliphatic rings. The molecule has 1 fully saturated rings. The maximum Gasteiger partial charge on any atom is 0.252 e. The molecule has 6 rings (SSSR count). The highest BCUT2D eigenvalue weighted by molar-refractivity contribution is 6.30. The third-order valence-electron chi connectivity index (χ3n) is 6.51. The maximum atomic E-state index is 13.6. The standard InChI is InChI=1S/C25H22ClN5O2/c1-15(16-5-7-17(26)8-6-16)31-21-13-28-23(19-3-2-4-20-18(19)9-10-27-20)29-24(21)30-11-12-33-14-22(30)25(31)32/h2-10,13,15,22,27H,11-12,14H2,1H3/t15-,22?/m0/s1. The minimum Gasteiger partial charge on any atom is -0.377 e. The highest BCUT2D eigenvalue weighted by Crippen LogP contribution is 2.41. The molecule has 1 N–H and O–H groups in total. The van der Waals surface area contributed by atoms with Crippen LogP contribution in [-0.4, -0.2) is 46.7 Å². The second-order valence-electron chi connectivity index (χ2n) is 8.37. The Morgan fingerprint density at radius 2 is 2.03 bits per heavy atom. The molecule has 1 unspecified atom stereocenters. The predicted octanol–water partition coefficient (Wildman–Crippen LogP) is 4.59. The van der Waals surface area contributed by atoms with Crippen LogP contribution >= 0.6 is 11.6 Å². The van der Waals surface area contributed by atoms with Crippen LogP contribution in [0.5, 0.6) is 0 Å². The number of carbonyl (C=O) groups is 1.